The van der Waals surface area contributed by atoms with E-state index in [4.69, 9.17) is 0 Å². The van der Waals surface area contributed by atoms with Crippen LogP contribution in [0.2, 0.25) is 0 Å². The first kappa shape index (κ1) is 14.7. The first-order valence-electron chi connectivity index (χ1n) is 5.22. The molecule has 2 nitrogen and oxygen atoms in total. The van der Waals surface area contributed by atoms with Gasteiger partial charge in [0.2, 0.25) is 0 Å². The lowest BCUT2D eigenvalue weighted by Crippen LogP contribution is -2.39. The molecule has 1 atom stereocenters. The summed E-state index contributed by atoms with van der Waals surface area (Å²) in [6, 6.07) is 0.322. The van der Waals surface area contributed by atoms with Crippen LogP contribution in [0.3, 0.4) is 0 Å². The number of rotatable bonds is 6. The van der Waals surface area contributed by atoms with E-state index in [0.29, 0.717) is 6.04 Å². The van der Waals surface area contributed by atoms with Crippen LogP contribution in [0, 0.1) is 0 Å². The summed E-state index contributed by atoms with van der Waals surface area (Å²) in [5.74, 6) is 0. The number of hydrogen-bond acceptors (Lipinski definition) is 2. The molecular weight excluding hydrogens is 205 g/mol. The minimum absolute atomic E-state index is 0.0575. The lowest BCUT2D eigenvalue weighted by molar-refractivity contribution is -0.147. The number of alkyl halides is 3. The zero-order valence-corrected chi connectivity index (χ0v) is 9.86. The van der Waals surface area contributed by atoms with Crippen LogP contribution in [0.25, 0.3) is 0 Å². The highest BCUT2D eigenvalue weighted by atomic mass is 19.4. The third-order valence-corrected chi connectivity index (χ3v) is 2.30. The van der Waals surface area contributed by atoms with Gasteiger partial charge in [0.25, 0.3) is 0 Å². The van der Waals surface area contributed by atoms with Gasteiger partial charge in [0.15, 0.2) is 0 Å². The molecule has 0 aromatic heterocycles. The van der Waals surface area contributed by atoms with Crippen LogP contribution in [-0.4, -0.2) is 43.3 Å². The number of halogens is 3. The van der Waals surface area contributed by atoms with Gasteiger partial charge in [-0.1, -0.05) is 13.8 Å². The van der Waals surface area contributed by atoms with Crippen LogP contribution >= 0.6 is 0 Å². The van der Waals surface area contributed by atoms with Crippen LogP contribution in [-0.2, 0) is 0 Å². The monoisotopic (exact) mass is 226 g/mol. The smallest absolute Gasteiger partial charge is 0.314 e. The average Bonchev–Trinajstić information content (AvgIpc) is 1.99. The van der Waals surface area contributed by atoms with Gasteiger partial charge >= 0.3 is 6.18 Å². The molecule has 1 N–H and O–H groups in total. The van der Waals surface area contributed by atoms with E-state index in [9.17, 15) is 13.2 Å². The van der Waals surface area contributed by atoms with E-state index < -0.39 is 12.7 Å². The van der Waals surface area contributed by atoms with Gasteiger partial charge in [-0.25, -0.2) is 0 Å². The average molecular weight is 226 g/mol. The van der Waals surface area contributed by atoms with Crippen molar-refractivity contribution in [2.75, 3.05) is 20.1 Å². The molecule has 92 valence electrons. The van der Waals surface area contributed by atoms with Crippen LogP contribution in [0.4, 0.5) is 13.2 Å². The summed E-state index contributed by atoms with van der Waals surface area (Å²) < 4.78 is 36.2. The van der Waals surface area contributed by atoms with Crippen molar-refractivity contribution in [1.82, 2.24) is 10.2 Å². The molecule has 0 fully saturated rings. The summed E-state index contributed by atoms with van der Waals surface area (Å²) in [5, 5.41) is 3.19. The molecule has 0 spiro atoms. The van der Waals surface area contributed by atoms with Crippen molar-refractivity contribution >= 4 is 0 Å². The Kier molecular flexibility index (Phi) is 6.20. The molecule has 0 aliphatic heterocycles. The van der Waals surface area contributed by atoms with Gasteiger partial charge in [-0.15, -0.1) is 0 Å². The summed E-state index contributed by atoms with van der Waals surface area (Å²) in [6.45, 7) is 5.76. The van der Waals surface area contributed by atoms with Crippen molar-refractivity contribution in [3.8, 4) is 0 Å². The van der Waals surface area contributed by atoms with Gasteiger partial charge in [-0.3, -0.25) is 4.90 Å². The number of hydrogen-bond donors (Lipinski definition) is 1. The molecule has 0 rings (SSSR count). The van der Waals surface area contributed by atoms with E-state index in [2.05, 4.69) is 5.32 Å². The van der Waals surface area contributed by atoms with Gasteiger partial charge in [0.1, 0.15) is 0 Å². The SMILES string of the molecule is CC(C)NCCC(C)N(C)CC(F)(F)F. The van der Waals surface area contributed by atoms with E-state index in [1.165, 1.54) is 11.9 Å². The Labute approximate surface area is 89.8 Å². The van der Waals surface area contributed by atoms with E-state index in [1.54, 1.807) is 0 Å². The molecule has 0 aromatic carbocycles. The fourth-order valence-electron chi connectivity index (χ4n) is 1.24. The number of nitrogens with one attached hydrogen (secondary N) is 1. The zero-order valence-electron chi connectivity index (χ0n) is 9.86. The Morgan fingerprint density at radius 2 is 1.73 bits per heavy atom. The third-order valence-electron chi connectivity index (χ3n) is 2.30. The minimum atomic E-state index is -4.10. The van der Waals surface area contributed by atoms with Gasteiger partial charge in [-0.05, 0) is 26.9 Å². The summed E-state index contributed by atoms with van der Waals surface area (Å²) >= 11 is 0. The predicted molar refractivity (Wildman–Crippen MR) is 55.9 cm³/mol. The second-order valence-electron chi connectivity index (χ2n) is 4.28. The normalized spacial score (nSPS) is 15.0. The lowest BCUT2D eigenvalue weighted by Gasteiger charge is -2.26. The van der Waals surface area contributed by atoms with E-state index in [1.807, 2.05) is 20.8 Å². The van der Waals surface area contributed by atoms with Crippen molar-refractivity contribution in [3.05, 3.63) is 0 Å². The molecule has 5 heteroatoms. The van der Waals surface area contributed by atoms with Crippen LogP contribution < -0.4 is 5.32 Å². The quantitative estimate of drug-likeness (QED) is 0.747. The van der Waals surface area contributed by atoms with Crippen molar-refractivity contribution in [2.24, 2.45) is 0 Å². The molecule has 0 aromatic rings. The van der Waals surface area contributed by atoms with E-state index >= 15 is 0 Å². The Morgan fingerprint density at radius 3 is 2.13 bits per heavy atom. The fraction of sp³-hybridized carbons (Fsp3) is 1.00. The second kappa shape index (κ2) is 6.33. The van der Waals surface area contributed by atoms with Gasteiger partial charge in [0, 0.05) is 12.1 Å². The van der Waals surface area contributed by atoms with Gasteiger partial charge < -0.3 is 5.32 Å². The molecule has 0 saturated heterocycles. The summed E-state index contributed by atoms with van der Waals surface area (Å²) in [7, 11) is 1.51. The molecule has 1 unspecified atom stereocenters. The molecule has 0 saturated carbocycles. The molecule has 0 amide bonds. The molecular formula is C10H21F3N2. The Bertz CT molecular complexity index is 169. The molecule has 0 radical (unpaired) electrons. The fourth-order valence-corrected chi connectivity index (χ4v) is 1.24. The summed E-state index contributed by atoms with van der Waals surface area (Å²) in [5.41, 5.74) is 0. The highest BCUT2D eigenvalue weighted by Crippen LogP contribution is 2.17. The van der Waals surface area contributed by atoms with Crippen molar-refractivity contribution in [2.45, 2.75) is 45.5 Å². The standard InChI is InChI=1S/C10H21F3N2/c1-8(2)14-6-5-9(3)15(4)7-10(11,12)13/h8-9,14H,5-7H2,1-4H3. The maximum Gasteiger partial charge on any atom is 0.401 e. The Balaban J connectivity index is 3.74. The van der Waals surface area contributed by atoms with Crippen LogP contribution in [0.5, 0.6) is 0 Å². The number of nitrogens with zero attached hydrogens (tertiary/aromatic N) is 1. The highest BCUT2D eigenvalue weighted by molar-refractivity contribution is 4.68. The lowest BCUT2D eigenvalue weighted by atomic mass is 10.2. The summed E-state index contributed by atoms with van der Waals surface area (Å²) in [6.07, 6.45) is -3.38. The van der Waals surface area contributed by atoms with Crippen molar-refractivity contribution in [3.63, 3.8) is 0 Å². The van der Waals surface area contributed by atoms with Crippen molar-refractivity contribution in [1.29, 1.82) is 0 Å². The Hall–Kier alpha value is -0.290. The zero-order chi connectivity index (χ0) is 12.1. The largest absolute Gasteiger partial charge is 0.401 e. The third kappa shape index (κ3) is 8.69. The van der Waals surface area contributed by atoms with E-state index in [-0.39, 0.29) is 6.04 Å². The maximum atomic E-state index is 12.1. The molecule has 0 aliphatic rings. The van der Waals surface area contributed by atoms with Crippen LogP contribution in [0.15, 0.2) is 0 Å². The first-order chi connectivity index (χ1) is 6.72. The first-order valence-corrected chi connectivity index (χ1v) is 5.22. The summed E-state index contributed by atoms with van der Waals surface area (Å²) in [4.78, 5) is 1.34. The molecule has 15 heavy (non-hydrogen) atoms. The topological polar surface area (TPSA) is 15.3 Å². The van der Waals surface area contributed by atoms with Crippen molar-refractivity contribution < 1.29 is 13.2 Å². The van der Waals surface area contributed by atoms with Gasteiger partial charge in [0.05, 0.1) is 6.54 Å². The highest BCUT2D eigenvalue weighted by Gasteiger charge is 2.30. The second-order valence-corrected chi connectivity index (χ2v) is 4.28. The van der Waals surface area contributed by atoms with E-state index in [0.717, 1.165) is 13.0 Å². The van der Waals surface area contributed by atoms with Gasteiger partial charge in [-0.2, -0.15) is 13.2 Å². The van der Waals surface area contributed by atoms with Crippen LogP contribution in [0.1, 0.15) is 27.2 Å². The molecule has 0 aliphatic carbocycles. The maximum absolute atomic E-state index is 12.1. The minimum Gasteiger partial charge on any atom is -0.314 e. The predicted octanol–water partition coefficient (Wildman–Crippen LogP) is 2.26. The molecule has 0 bridgehead atoms. The molecule has 0 heterocycles. The Morgan fingerprint density at radius 1 is 1.20 bits per heavy atom.